The number of hydrogen-bond donors (Lipinski definition) is 1. The van der Waals surface area contributed by atoms with Gasteiger partial charge < -0.3 is 9.84 Å². The maximum atomic E-state index is 12.0. The minimum atomic E-state index is -0.880. The van der Waals surface area contributed by atoms with E-state index in [9.17, 15) is 9.90 Å². The Hall–Kier alpha value is -1.09. The minimum Gasteiger partial charge on any atom is -0.463 e. The number of fused-ring (bicyclic) bond motifs is 1. The third-order valence-corrected chi connectivity index (χ3v) is 4.71. The number of esters is 1. The predicted octanol–water partition coefficient (Wildman–Crippen LogP) is 2.75. The van der Waals surface area contributed by atoms with Crippen LogP contribution in [0.3, 0.4) is 0 Å². The second kappa shape index (κ2) is 4.54. The summed E-state index contributed by atoms with van der Waals surface area (Å²) in [5.41, 5.74) is 0.665. The largest absolute Gasteiger partial charge is 0.463 e. The fourth-order valence-electron chi connectivity index (χ4n) is 3.50. The van der Waals surface area contributed by atoms with E-state index in [2.05, 4.69) is 13.5 Å². The molecule has 0 heterocycles. The van der Waals surface area contributed by atoms with Crippen molar-refractivity contribution in [2.24, 2.45) is 5.41 Å². The van der Waals surface area contributed by atoms with Crippen molar-refractivity contribution in [2.45, 2.75) is 51.6 Å². The third-order valence-electron chi connectivity index (χ3n) is 4.71. The number of aliphatic hydroxyl groups is 1. The molecule has 0 radical (unpaired) electrons. The third kappa shape index (κ3) is 1.72. The molecule has 100 valence electrons. The maximum Gasteiger partial charge on any atom is 0.333 e. The highest BCUT2D eigenvalue weighted by Gasteiger charge is 2.53. The first-order valence-corrected chi connectivity index (χ1v) is 6.74. The van der Waals surface area contributed by atoms with E-state index in [-0.39, 0.29) is 11.4 Å². The van der Waals surface area contributed by atoms with E-state index < -0.39 is 5.60 Å². The summed E-state index contributed by atoms with van der Waals surface area (Å²) in [6.07, 6.45) is 5.68. The molecule has 1 N–H and O–H groups in total. The molecule has 3 nitrogen and oxygen atoms in total. The van der Waals surface area contributed by atoms with Crippen LogP contribution in [0.2, 0.25) is 0 Å². The molecular weight excluding hydrogens is 228 g/mol. The highest BCUT2D eigenvalue weighted by Crippen LogP contribution is 2.56. The van der Waals surface area contributed by atoms with Crippen LogP contribution in [0.15, 0.2) is 23.8 Å². The number of hydrogen-bond acceptors (Lipinski definition) is 3. The molecule has 0 saturated heterocycles. The van der Waals surface area contributed by atoms with Gasteiger partial charge in [0.25, 0.3) is 0 Å². The highest BCUT2D eigenvalue weighted by molar-refractivity contribution is 5.90. The average Bonchev–Trinajstić information content (AvgIpc) is 2.70. The summed E-state index contributed by atoms with van der Waals surface area (Å²) in [7, 11) is 0. The molecule has 0 aromatic rings. The van der Waals surface area contributed by atoms with Crippen LogP contribution in [0.25, 0.3) is 0 Å². The van der Waals surface area contributed by atoms with Crippen LogP contribution in [0.4, 0.5) is 0 Å². The Labute approximate surface area is 109 Å². The maximum absolute atomic E-state index is 12.0. The van der Waals surface area contributed by atoms with Crippen molar-refractivity contribution in [3.05, 3.63) is 23.8 Å². The van der Waals surface area contributed by atoms with Gasteiger partial charge in [0.05, 0.1) is 12.2 Å². The molecule has 18 heavy (non-hydrogen) atoms. The molecule has 2 atom stereocenters. The molecular formula is C15H22O3. The standard InChI is InChI=1S/C15H22O3/c1-4-15(17)9-6-7-12-11(13(16)18-5-2)8-10-14(12,15)3/h4,17H,1,5-10H2,2-3H3. The minimum absolute atomic E-state index is 0.204. The van der Waals surface area contributed by atoms with E-state index in [0.29, 0.717) is 13.0 Å². The van der Waals surface area contributed by atoms with Crippen molar-refractivity contribution in [3.8, 4) is 0 Å². The normalized spacial score (nSPS) is 35.3. The molecule has 1 saturated carbocycles. The quantitative estimate of drug-likeness (QED) is 0.619. The van der Waals surface area contributed by atoms with Crippen molar-refractivity contribution in [1.29, 1.82) is 0 Å². The fraction of sp³-hybridized carbons (Fsp3) is 0.667. The summed E-state index contributed by atoms with van der Waals surface area (Å²) in [5.74, 6) is -0.204. The van der Waals surface area contributed by atoms with Crippen LogP contribution < -0.4 is 0 Å². The molecule has 0 aromatic heterocycles. The first kappa shape index (κ1) is 13.3. The molecule has 0 amide bonds. The van der Waals surface area contributed by atoms with Gasteiger partial charge in [-0.1, -0.05) is 18.6 Å². The summed E-state index contributed by atoms with van der Waals surface area (Å²) in [4.78, 5) is 12.0. The van der Waals surface area contributed by atoms with Crippen LogP contribution >= 0.6 is 0 Å². The van der Waals surface area contributed by atoms with Gasteiger partial charge in [0.1, 0.15) is 0 Å². The van der Waals surface area contributed by atoms with Gasteiger partial charge in [-0.3, -0.25) is 0 Å². The Morgan fingerprint density at radius 3 is 2.83 bits per heavy atom. The summed E-state index contributed by atoms with van der Waals surface area (Å²) < 4.78 is 5.12. The predicted molar refractivity (Wildman–Crippen MR) is 70.0 cm³/mol. The summed E-state index contributed by atoms with van der Waals surface area (Å²) >= 11 is 0. The van der Waals surface area contributed by atoms with E-state index >= 15 is 0 Å². The molecule has 1 fully saturated rings. The topological polar surface area (TPSA) is 46.5 Å². The van der Waals surface area contributed by atoms with Crippen LogP contribution in [0.1, 0.15) is 46.0 Å². The number of ether oxygens (including phenoxy) is 1. The molecule has 0 aliphatic heterocycles. The van der Waals surface area contributed by atoms with E-state index in [0.717, 1.165) is 36.8 Å². The van der Waals surface area contributed by atoms with Crippen molar-refractivity contribution in [1.82, 2.24) is 0 Å². The zero-order chi connectivity index (χ0) is 13.4. The van der Waals surface area contributed by atoms with Gasteiger partial charge in [-0.2, -0.15) is 0 Å². The first-order chi connectivity index (χ1) is 8.48. The smallest absolute Gasteiger partial charge is 0.333 e. The van der Waals surface area contributed by atoms with Gasteiger partial charge in [-0.25, -0.2) is 4.79 Å². The molecule has 3 heteroatoms. The highest BCUT2D eigenvalue weighted by atomic mass is 16.5. The van der Waals surface area contributed by atoms with E-state index in [1.807, 2.05) is 6.92 Å². The van der Waals surface area contributed by atoms with Crippen LogP contribution in [0, 0.1) is 5.41 Å². The number of rotatable bonds is 3. The van der Waals surface area contributed by atoms with Crippen molar-refractivity contribution in [3.63, 3.8) is 0 Å². The molecule has 0 aromatic carbocycles. The Kier molecular flexibility index (Phi) is 3.37. The Morgan fingerprint density at radius 1 is 1.50 bits per heavy atom. The lowest BCUT2D eigenvalue weighted by Crippen LogP contribution is -2.47. The molecule has 0 bridgehead atoms. The lowest BCUT2D eigenvalue weighted by atomic mass is 9.62. The average molecular weight is 250 g/mol. The fourth-order valence-corrected chi connectivity index (χ4v) is 3.50. The second-order valence-electron chi connectivity index (χ2n) is 5.49. The first-order valence-electron chi connectivity index (χ1n) is 6.74. The van der Waals surface area contributed by atoms with E-state index in [1.165, 1.54) is 0 Å². The van der Waals surface area contributed by atoms with Gasteiger partial charge in [0.2, 0.25) is 0 Å². The van der Waals surface area contributed by atoms with Gasteiger partial charge in [-0.05, 0) is 39.0 Å². The van der Waals surface area contributed by atoms with Crippen molar-refractivity contribution in [2.75, 3.05) is 6.61 Å². The van der Waals surface area contributed by atoms with Gasteiger partial charge in [0.15, 0.2) is 0 Å². The van der Waals surface area contributed by atoms with Gasteiger partial charge >= 0.3 is 5.97 Å². The lowest BCUT2D eigenvalue weighted by molar-refractivity contribution is -0.138. The second-order valence-corrected chi connectivity index (χ2v) is 5.49. The van der Waals surface area contributed by atoms with Crippen LogP contribution in [-0.2, 0) is 9.53 Å². The monoisotopic (exact) mass is 250 g/mol. The Balaban J connectivity index is 2.40. The SMILES string of the molecule is C=CC1(O)CCCC2=C(C(=O)OCC)CCC21C. The van der Waals surface area contributed by atoms with Gasteiger partial charge in [-0.15, -0.1) is 6.58 Å². The van der Waals surface area contributed by atoms with E-state index in [4.69, 9.17) is 4.74 Å². The molecule has 2 unspecified atom stereocenters. The molecule has 0 spiro atoms. The van der Waals surface area contributed by atoms with Gasteiger partial charge in [0, 0.05) is 11.0 Å². The number of carbonyl (C=O) groups excluding carboxylic acids is 1. The van der Waals surface area contributed by atoms with E-state index in [1.54, 1.807) is 6.08 Å². The summed E-state index contributed by atoms with van der Waals surface area (Å²) in [5, 5.41) is 10.7. The van der Waals surface area contributed by atoms with Crippen molar-refractivity contribution < 1.29 is 14.6 Å². The molecule has 2 aliphatic rings. The number of carbonyl (C=O) groups is 1. The summed E-state index contributed by atoms with van der Waals surface area (Å²) in [6, 6.07) is 0. The zero-order valence-corrected chi connectivity index (χ0v) is 11.3. The Bertz CT molecular complexity index is 410. The Morgan fingerprint density at radius 2 is 2.22 bits per heavy atom. The lowest BCUT2D eigenvalue weighted by Gasteiger charge is -2.46. The van der Waals surface area contributed by atoms with Crippen LogP contribution in [0.5, 0.6) is 0 Å². The molecule has 2 aliphatic carbocycles. The van der Waals surface area contributed by atoms with Crippen LogP contribution in [-0.4, -0.2) is 23.3 Å². The van der Waals surface area contributed by atoms with Crippen molar-refractivity contribution >= 4 is 5.97 Å². The summed E-state index contributed by atoms with van der Waals surface area (Å²) in [6.45, 7) is 8.05. The molecule has 2 rings (SSSR count). The zero-order valence-electron chi connectivity index (χ0n) is 11.3.